The molecule has 1 aliphatic heterocycles. The van der Waals surface area contributed by atoms with Gasteiger partial charge in [0, 0.05) is 30.7 Å². The van der Waals surface area contributed by atoms with E-state index in [9.17, 15) is 9.18 Å². The summed E-state index contributed by atoms with van der Waals surface area (Å²) in [5.41, 5.74) is 1.32. The van der Waals surface area contributed by atoms with Gasteiger partial charge < -0.3 is 9.80 Å². The lowest BCUT2D eigenvalue weighted by atomic mass is 10.1. The Bertz CT molecular complexity index is 988. The van der Waals surface area contributed by atoms with Gasteiger partial charge in [0.1, 0.15) is 5.82 Å². The summed E-state index contributed by atoms with van der Waals surface area (Å²) < 4.78 is 15.3. The molecule has 1 aromatic heterocycles. The molecule has 1 amide bonds. The zero-order chi connectivity index (χ0) is 18.3. The number of fused-ring (bicyclic) bond motifs is 1. The van der Waals surface area contributed by atoms with Crippen LogP contribution in [0.15, 0.2) is 40.9 Å². The Morgan fingerprint density at radius 2 is 1.92 bits per heavy atom. The molecule has 0 aliphatic carbocycles. The van der Waals surface area contributed by atoms with Crippen LogP contribution in [0, 0.1) is 5.82 Å². The lowest BCUT2D eigenvalue weighted by molar-refractivity contribution is 0.0747. The number of amides is 1. The Labute approximate surface area is 167 Å². The first kappa shape index (κ1) is 17.7. The van der Waals surface area contributed by atoms with Gasteiger partial charge in [-0.3, -0.25) is 4.79 Å². The van der Waals surface area contributed by atoms with Crippen molar-refractivity contribution in [2.75, 3.05) is 31.1 Å². The second kappa shape index (κ2) is 7.13. The molecule has 26 heavy (non-hydrogen) atoms. The van der Waals surface area contributed by atoms with Crippen molar-refractivity contribution in [3.8, 4) is 0 Å². The standard InChI is InChI=1S/C18H14BrClFN3OS/c19-11-1-4-15-16(9-11)26-18(22-15)24-7-5-23(6-8-24)17(25)13-3-2-12(21)10-14(13)20/h1-4,9-10H,5-8H2. The molecule has 0 radical (unpaired) electrons. The number of thiazole rings is 1. The van der Waals surface area contributed by atoms with Crippen molar-refractivity contribution < 1.29 is 9.18 Å². The average molecular weight is 455 g/mol. The van der Waals surface area contributed by atoms with Crippen molar-refractivity contribution in [3.05, 3.63) is 57.3 Å². The van der Waals surface area contributed by atoms with Crippen LogP contribution in [0.4, 0.5) is 9.52 Å². The Morgan fingerprint density at radius 1 is 1.15 bits per heavy atom. The van der Waals surface area contributed by atoms with E-state index < -0.39 is 5.82 Å². The molecule has 0 spiro atoms. The molecular formula is C18H14BrClFN3OS. The molecule has 1 saturated heterocycles. The number of carbonyl (C=O) groups is 1. The highest BCUT2D eigenvalue weighted by atomic mass is 79.9. The van der Waals surface area contributed by atoms with Crippen LogP contribution in [-0.4, -0.2) is 42.0 Å². The van der Waals surface area contributed by atoms with Gasteiger partial charge in [0.05, 0.1) is 20.8 Å². The molecule has 4 nitrogen and oxygen atoms in total. The lowest BCUT2D eigenvalue weighted by Crippen LogP contribution is -2.48. The molecule has 0 bridgehead atoms. The summed E-state index contributed by atoms with van der Waals surface area (Å²) in [5, 5.41) is 1.11. The van der Waals surface area contributed by atoms with Crippen molar-refractivity contribution in [2.45, 2.75) is 0 Å². The van der Waals surface area contributed by atoms with E-state index in [0.29, 0.717) is 31.7 Å². The van der Waals surface area contributed by atoms with Gasteiger partial charge in [-0.15, -0.1) is 0 Å². The van der Waals surface area contributed by atoms with Gasteiger partial charge in [0.25, 0.3) is 5.91 Å². The SMILES string of the molecule is O=C(c1ccc(F)cc1Cl)N1CCN(c2nc3ccc(Br)cc3s2)CC1. The lowest BCUT2D eigenvalue weighted by Gasteiger charge is -2.34. The van der Waals surface area contributed by atoms with Crippen molar-refractivity contribution in [1.29, 1.82) is 0 Å². The van der Waals surface area contributed by atoms with E-state index in [2.05, 4.69) is 31.9 Å². The van der Waals surface area contributed by atoms with Crippen LogP contribution in [0.1, 0.15) is 10.4 Å². The van der Waals surface area contributed by atoms with Crippen LogP contribution in [0.2, 0.25) is 5.02 Å². The number of benzene rings is 2. The summed E-state index contributed by atoms with van der Waals surface area (Å²) in [4.78, 5) is 21.3. The first-order valence-electron chi connectivity index (χ1n) is 8.06. The molecule has 2 heterocycles. The summed E-state index contributed by atoms with van der Waals surface area (Å²) in [5.74, 6) is -0.610. The molecule has 1 fully saturated rings. The van der Waals surface area contributed by atoms with Crippen molar-refractivity contribution in [2.24, 2.45) is 0 Å². The van der Waals surface area contributed by atoms with Crippen LogP contribution < -0.4 is 4.90 Å². The summed E-state index contributed by atoms with van der Waals surface area (Å²) in [6, 6.07) is 9.91. The summed E-state index contributed by atoms with van der Waals surface area (Å²) in [6.45, 7) is 2.55. The molecule has 0 saturated carbocycles. The van der Waals surface area contributed by atoms with E-state index in [0.717, 1.165) is 19.8 Å². The number of rotatable bonds is 2. The maximum Gasteiger partial charge on any atom is 0.255 e. The van der Waals surface area contributed by atoms with Gasteiger partial charge in [-0.2, -0.15) is 0 Å². The van der Waals surface area contributed by atoms with Gasteiger partial charge in [0.15, 0.2) is 5.13 Å². The van der Waals surface area contributed by atoms with Gasteiger partial charge >= 0.3 is 0 Å². The highest BCUT2D eigenvalue weighted by Gasteiger charge is 2.25. The average Bonchev–Trinajstić information content (AvgIpc) is 3.04. The summed E-state index contributed by atoms with van der Waals surface area (Å²) in [7, 11) is 0. The van der Waals surface area contributed by atoms with E-state index in [4.69, 9.17) is 11.6 Å². The van der Waals surface area contributed by atoms with Crippen LogP contribution in [-0.2, 0) is 0 Å². The third-order valence-corrected chi connectivity index (χ3v) is 6.22. The van der Waals surface area contributed by atoms with E-state index in [1.165, 1.54) is 18.2 Å². The predicted octanol–water partition coefficient (Wildman–Crippen LogP) is 4.81. The number of halogens is 3. The molecule has 8 heteroatoms. The first-order chi connectivity index (χ1) is 12.5. The minimum absolute atomic E-state index is 0.147. The number of anilines is 1. The van der Waals surface area contributed by atoms with E-state index >= 15 is 0 Å². The number of carbonyl (C=O) groups excluding carboxylic acids is 1. The quantitative estimate of drug-likeness (QED) is 0.557. The fraction of sp³-hybridized carbons (Fsp3) is 0.222. The molecule has 134 valence electrons. The highest BCUT2D eigenvalue weighted by molar-refractivity contribution is 9.10. The highest BCUT2D eigenvalue weighted by Crippen LogP contribution is 2.31. The smallest absolute Gasteiger partial charge is 0.255 e. The van der Waals surface area contributed by atoms with Crippen molar-refractivity contribution >= 4 is 60.1 Å². The second-order valence-corrected chi connectivity index (χ2v) is 8.34. The number of aromatic nitrogens is 1. The fourth-order valence-corrected chi connectivity index (χ4v) is 4.77. The monoisotopic (exact) mass is 453 g/mol. The molecule has 1 aliphatic rings. The van der Waals surface area contributed by atoms with Crippen LogP contribution in [0.5, 0.6) is 0 Å². The van der Waals surface area contributed by atoms with Gasteiger partial charge in [0.2, 0.25) is 0 Å². The zero-order valence-corrected chi connectivity index (χ0v) is 16.7. The molecule has 0 unspecified atom stereocenters. The summed E-state index contributed by atoms with van der Waals surface area (Å²) in [6.07, 6.45) is 0. The minimum atomic E-state index is -0.446. The third-order valence-electron chi connectivity index (χ3n) is 4.34. The number of hydrogen-bond donors (Lipinski definition) is 0. The maximum absolute atomic E-state index is 13.2. The van der Waals surface area contributed by atoms with Crippen LogP contribution >= 0.6 is 38.9 Å². The summed E-state index contributed by atoms with van der Waals surface area (Å²) >= 11 is 11.1. The molecule has 0 N–H and O–H groups in total. The van der Waals surface area contributed by atoms with Crippen LogP contribution in [0.3, 0.4) is 0 Å². The predicted molar refractivity (Wildman–Crippen MR) is 107 cm³/mol. The molecule has 2 aromatic carbocycles. The molecule has 4 rings (SSSR count). The van der Waals surface area contributed by atoms with Gasteiger partial charge in [-0.25, -0.2) is 9.37 Å². The van der Waals surface area contributed by atoms with Crippen molar-refractivity contribution in [1.82, 2.24) is 9.88 Å². The van der Waals surface area contributed by atoms with E-state index in [-0.39, 0.29) is 10.9 Å². The van der Waals surface area contributed by atoms with Gasteiger partial charge in [-0.1, -0.05) is 38.9 Å². The van der Waals surface area contributed by atoms with Crippen LogP contribution in [0.25, 0.3) is 10.2 Å². The number of hydrogen-bond acceptors (Lipinski definition) is 4. The van der Waals surface area contributed by atoms with Crippen molar-refractivity contribution in [3.63, 3.8) is 0 Å². The Balaban J connectivity index is 1.47. The zero-order valence-electron chi connectivity index (χ0n) is 13.6. The first-order valence-corrected chi connectivity index (χ1v) is 10.1. The largest absolute Gasteiger partial charge is 0.345 e. The molecule has 0 atom stereocenters. The molecule has 3 aromatic rings. The maximum atomic E-state index is 13.2. The minimum Gasteiger partial charge on any atom is -0.345 e. The Hall–Kier alpha value is -1.70. The number of nitrogens with zero attached hydrogens (tertiary/aromatic N) is 3. The normalized spacial score (nSPS) is 14.9. The second-order valence-electron chi connectivity index (χ2n) is 6.01. The fourth-order valence-electron chi connectivity index (χ4n) is 2.96. The van der Waals surface area contributed by atoms with E-state index in [1.54, 1.807) is 16.2 Å². The van der Waals surface area contributed by atoms with E-state index in [1.807, 2.05) is 12.1 Å². The van der Waals surface area contributed by atoms with Gasteiger partial charge in [-0.05, 0) is 36.4 Å². The topological polar surface area (TPSA) is 36.4 Å². The molecular weight excluding hydrogens is 441 g/mol. The number of piperazine rings is 1. The Morgan fingerprint density at radius 3 is 2.65 bits per heavy atom. The Kier molecular flexibility index (Phi) is 4.86. The third kappa shape index (κ3) is 3.43.